The number of nitrogens with zero attached hydrogens (tertiary/aromatic N) is 7. The maximum Gasteiger partial charge on any atom is 0.305 e. The second-order valence-electron chi connectivity index (χ2n) is 28.8. The van der Waals surface area contributed by atoms with Crippen molar-refractivity contribution in [2.45, 2.75) is 254 Å². The molecule has 0 spiro atoms. The fourth-order valence-electron chi connectivity index (χ4n) is 11.7. The molecule has 0 saturated carbocycles. The van der Waals surface area contributed by atoms with Crippen LogP contribution in [0.3, 0.4) is 0 Å². The van der Waals surface area contributed by atoms with Crippen molar-refractivity contribution in [2.75, 3.05) is 67.9 Å². The summed E-state index contributed by atoms with van der Waals surface area (Å²) in [6.07, 6.45) is 3.28. The summed E-state index contributed by atoms with van der Waals surface area (Å²) in [6, 6.07) is -14.7. The molecule has 1 aliphatic rings. The zero-order valence-electron chi connectivity index (χ0n) is 62.6. The summed E-state index contributed by atoms with van der Waals surface area (Å²) >= 11 is 1.28. The third-order valence-electron chi connectivity index (χ3n) is 17.8. The van der Waals surface area contributed by atoms with Gasteiger partial charge in [-0.1, -0.05) is 95.2 Å². The number of hydrogen-bond donors (Lipinski definition) is 6. The lowest BCUT2D eigenvalue weighted by Crippen LogP contribution is -2.64. The largest absolute Gasteiger partial charge is 0.469 e. The van der Waals surface area contributed by atoms with Crippen molar-refractivity contribution < 1.29 is 72.5 Å². The highest BCUT2D eigenvalue weighted by Crippen LogP contribution is 2.27. The molecule has 0 aromatic rings. The smallest absolute Gasteiger partial charge is 0.305 e. The fraction of sp³-hybridized carbons (Fsp3) is 0.797. The number of ether oxygens (including phenoxy) is 1. The Hall–Kier alpha value is -6.35. The van der Waals surface area contributed by atoms with Crippen LogP contribution in [0.5, 0.6) is 0 Å². The van der Waals surface area contributed by atoms with Gasteiger partial charge in [0.25, 0.3) is 0 Å². The van der Waals surface area contributed by atoms with Crippen molar-refractivity contribution in [2.24, 2.45) is 35.5 Å². The van der Waals surface area contributed by atoms with Crippen molar-refractivity contribution in [3.63, 3.8) is 0 Å². The van der Waals surface area contributed by atoms with Gasteiger partial charge in [-0.3, -0.25) is 57.5 Å². The van der Waals surface area contributed by atoms with Gasteiger partial charge in [0.05, 0.1) is 18.8 Å². The summed E-state index contributed by atoms with van der Waals surface area (Å²) in [4.78, 5) is 184. The number of aliphatic hydroxyl groups is 2. The SMILES string of the molecule is C/C=C/C[C@@H](C)[C@@H](O)[C@H]1C(=O)N[C@@H](CC)C(=O)N(C)[C@@H](CSCCCCC(=O)OC)C(=O)N(C)[C@@H](CC(C)(C)O)C(=O)N[C@@H](C(C)C)C(=O)N(C)[C@@H](CC(C)C)C(=O)N[C@@H](C)C(=O)N[C@H](C)C(=O)N(C)[C@@H](CC(C)C)C(=O)N(C)[C@@H](CC(C)C)C(=O)N(C)[C@@H](C(C)C)C(=O)N1C. The summed E-state index contributed by atoms with van der Waals surface area (Å²) in [5.41, 5.74) is -1.62. The Bertz CT molecular complexity index is 2650. The number of esters is 1. The van der Waals surface area contributed by atoms with Gasteiger partial charge in [-0.15, -0.1) is 0 Å². The van der Waals surface area contributed by atoms with Gasteiger partial charge < -0.3 is 70.5 Å². The highest BCUT2D eigenvalue weighted by atomic mass is 32.2. The van der Waals surface area contributed by atoms with Crippen LogP contribution in [-0.2, 0) is 62.3 Å². The monoisotopic (exact) mass is 1380 g/mol. The van der Waals surface area contributed by atoms with E-state index in [4.69, 9.17) is 4.74 Å². The highest BCUT2D eigenvalue weighted by Gasteiger charge is 2.47. The minimum absolute atomic E-state index is 0.0617. The number of carbonyl (C=O) groups is 12. The molecule has 1 saturated heterocycles. The molecular weight excluding hydrogens is 1250 g/mol. The van der Waals surface area contributed by atoms with E-state index in [1.54, 1.807) is 60.6 Å². The number of unbranched alkanes of at least 4 members (excludes halogenated alkanes) is 1. The first-order valence-corrected chi connectivity index (χ1v) is 35.3. The fourth-order valence-corrected chi connectivity index (χ4v) is 12.9. The van der Waals surface area contributed by atoms with Gasteiger partial charge in [-0.05, 0) is 121 Å². The first-order valence-electron chi connectivity index (χ1n) is 34.1. The predicted molar refractivity (Wildman–Crippen MR) is 372 cm³/mol. The zero-order valence-corrected chi connectivity index (χ0v) is 63.4. The van der Waals surface area contributed by atoms with Gasteiger partial charge >= 0.3 is 5.97 Å². The molecule has 26 nitrogen and oxygen atoms in total. The van der Waals surface area contributed by atoms with E-state index in [0.29, 0.717) is 18.6 Å². The van der Waals surface area contributed by atoms with Crippen LogP contribution < -0.4 is 21.3 Å². The molecule has 1 rings (SSSR count). The maximum atomic E-state index is 15.4. The summed E-state index contributed by atoms with van der Waals surface area (Å²) in [7, 11) is 11.0. The van der Waals surface area contributed by atoms with E-state index in [0.717, 1.165) is 14.7 Å². The summed E-state index contributed by atoms with van der Waals surface area (Å²) in [5, 5.41) is 34.7. The molecule has 6 N–H and O–H groups in total. The van der Waals surface area contributed by atoms with Gasteiger partial charge in [0.1, 0.15) is 66.5 Å². The van der Waals surface area contributed by atoms with Gasteiger partial charge in [-0.25, -0.2) is 0 Å². The number of amides is 11. The summed E-state index contributed by atoms with van der Waals surface area (Å²) < 4.78 is 4.80. The molecule has 0 aromatic heterocycles. The van der Waals surface area contributed by atoms with Crippen molar-refractivity contribution in [3.8, 4) is 0 Å². The Morgan fingerprint density at radius 2 is 0.990 bits per heavy atom. The number of thioether (sulfide) groups is 1. The Balaban J connectivity index is 4.57. The van der Waals surface area contributed by atoms with Crippen molar-refractivity contribution in [1.29, 1.82) is 0 Å². The molecule has 11 amide bonds. The molecule has 1 fully saturated rings. The van der Waals surface area contributed by atoms with Crippen LogP contribution in [0.15, 0.2) is 12.2 Å². The number of likely N-dealkylation sites (N-methyl/N-ethyl adjacent to an activating group) is 7. The lowest BCUT2D eigenvalue weighted by atomic mass is 9.91. The average Bonchev–Trinajstić information content (AvgIpc) is 0.852. The third-order valence-corrected chi connectivity index (χ3v) is 18.9. The summed E-state index contributed by atoms with van der Waals surface area (Å²) in [6.45, 7) is 28.7. The van der Waals surface area contributed by atoms with Crippen LogP contribution in [-0.4, -0.2) is 262 Å². The van der Waals surface area contributed by atoms with Gasteiger partial charge in [-0.2, -0.15) is 11.8 Å². The normalized spacial score (nSPS) is 26.0. The van der Waals surface area contributed by atoms with E-state index >= 15 is 28.8 Å². The molecule has 96 heavy (non-hydrogen) atoms. The molecule has 550 valence electrons. The van der Waals surface area contributed by atoms with Crippen LogP contribution in [0.4, 0.5) is 0 Å². The standard InChI is InChI=1S/C69H123N11O15S/c1-26-28-31-44(13)57(82)56-61(86)72-47(27-2)63(88)78(22)52(38-96-33-30-29-32-53(81)95-25)66(91)77(21)51(37-69(16,17)94)60(85)73-54(42(9)10)67(92)74(18)48(34-39(3)4)59(84)70-45(14)58(83)71-46(15)62(87)75(19)49(35-40(5)6)64(89)76(20)50(36-41(7)8)65(90)79(23)55(43(11)12)68(93)80(56)24/h26,28,39-52,54-57,82,94H,27,29-38H2,1-25H3,(H,70,84)(H,71,83)(H,72,86)(H,73,85)/b28-26+/t44-,45+,46-,47+,48+,49+,50+,51+,52+,54+,55+,56+,57-/m1/s1. The van der Waals surface area contributed by atoms with Crippen LogP contribution in [0.25, 0.3) is 0 Å². The van der Waals surface area contributed by atoms with Gasteiger partial charge in [0.2, 0.25) is 65.0 Å². The zero-order chi connectivity index (χ0) is 74.3. The van der Waals surface area contributed by atoms with Crippen LogP contribution in [0, 0.1) is 35.5 Å². The van der Waals surface area contributed by atoms with Crippen LogP contribution in [0.2, 0.25) is 0 Å². The molecule has 0 bridgehead atoms. The minimum atomic E-state index is -1.69. The Kier molecular flexibility index (Phi) is 37.0. The van der Waals surface area contributed by atoms with E-state index in [2.05, 4.69) is 21.3 Å². The van der Waals surface area contributed by atoms with Crippen LogP contribution >= 0.6 is 11.8 Å². The topological polar surface area (TPSA) is 325 Å². The first-order chi connectivity index (χ1) is 44.4. The number of hydrogen-bond acceptors (Lipinski definition) is 16. The Morgan fingerprint density at radius 3 is 1.47 bits per heavy atom. The molecule has 1 aliphatic heterocycles. The third kappa shape index (κ3) is 25.8. The van der Waals surface area contributed by atoms with Crippen molar-refractivity contribution in [3.05, 3.63) is 12.2 Å². The summed E-state index contributed by atoms with van der Waals surface area (Å²) in [5.74, 6) is -10.7. The van der Waals surface area contributed by atoms with E-state index < -0.39 is 167 Å². The van der Waals surface area contributed by atoms with E-state index in [1.165, 1.54) is 115 Å². The predicted octanol–water partition coefficient (Wildman–Crippen LogP) is 3.83. The number of carbonyl (C=O) groups excluding carboxylic acids is 12. The number of allylic oxidation sites excluding steroid dienone is 2. The average molecular weight is 1380 g/mol. The number of nitrogens with one attached hydrogen (secondary N) is 4. The quantitative estimate of drug-likeness (QED) is 0.0510. The maximum absolute atomic E-state index is 15.4. The minimum Gasteiger partial charge on any atom is -0.469 e. The molecule has 0 aliphatic carbocycles. The molecule has 0 aromatic carbocycles. The van der Waals surface area contributed by atoms with Crippen LogP contribution in [0.1, 0.15) is 175 Å². The lowest BCUT2D eigenvalue weighted by Gasteiger charge is -2.41. The number of rotatable bonds is 22. The highest BCUT2D eigenvalue weighted by molar-refractivity contribution is 7.99. The van der Waals surface area contributed by atoms with Gasteiger partial charge in [0, 0.05) is 67.9 Å². The number of aliphatic hydroxyl groups excluding tert-OH is 1. The van der Waals surface area contributed by atoms with E-state index in [9.17, 15) is 39.0 Å². The molecule has 0 radical (unpaired) electrons. The van der Waals surface area contributed by atoms with Crippen molar-refractivity contribution >= 4 is 82.7 Å². The van der Waals surface area contributed by atoms with Crippen molar-refractivity contribution in [1.82, 2.24) is 55.6 Å². The molecule has 0 unspecified atom stereocenters. The molecule has 13 atom stereocenters. The van der Waals surface area contributed by atoms with E-state index in [1.807, 2.05) is 41.5 Å². The second-order valence-corrected chi connectivity index (χ2v) is 30.0. The second kappa shape index (κ2) is 40.5. The molecule has 1 heterocycles. The van der Waals surface area contributed by atoms with E-state index in [-0.39, 0.29) is 68.5 Å². The number of methoxy groups -OCH3 is 1. The first kappa shape index (κ1) is 87.7. The molecule has 27 heteroatoms. The van der Waals surface area contributed by atoms with Gasteiger partial charge in [0.15, 0.2) is 0 Å². The Morgan fingerprint density at radius 1 is 0.542 bits per heavy atom. The molecular formula is C69H123N11O15S. The Labute approximate surface area is 577 Å². The lowest BCUT2D eigenvalue weighted by molar-refractivity contribution is -0.157.